The lowest BCUT2D eigenvalue weighted by atomic mass is 10.2. The van der Waals surface area contributed by atoms with Gasteiger partial charge in [0.25, 0.3) is 5.91 Å². The van der Waals surface area contributed by atoms with Crippen molar-refractivity contribution in [2.45, 2.75) is 13.0 Å². The minimum absolute atomic E-state index is 0.0688. The second-order valence-corrected chi connectivity index (χ2v) is 4.02. The van der Waals surface area contributed by atoms with Crippen molar-refractivity contribution in [1.82, 2.24) is 15.5 Å². The lowest BCUT2D eigenvalue weighted by molar-refractivity contribution is -0.127. The topological polar surface area (TPSA) is 127 Å². The summed E-state index contributed by atoms with van der Waals surface area (Å²) in [5, 5.41) is 8.93. The van der Waals surface area contributed by atoms with Crippen LogP contribution in [0, 0.1) is 0 Å². The van der Waals surface area contributed by atoms with Gasteiger partial charge in [-0.1, -0.05) is 18.2 Å². The normalized spacial score (nSPS) is 11.8. The standard InChI is InChI=1S/C12H12N4O4/c1-6(10(17)14-12(13)19)20-11(18)9-7-4-2-3-5-8(7)15-16-9/h2-6H,1H3,(H,15,16)(H3,13,14,17,19). The van der Waals surface area contributed by atoms with Crippen molar-refractivity contribution in [2.75, 3.05) is 0 Å². The second kappa shape index (κ2) is 5.39. The second-order valence-electron chi connectivity index (χ2n) is 4.02. The Hall–Kier alpha value is -2.90. The number of carbonyl (C=O) groups excluding carboxylic acids is 3. The van der Waals surface area contributed by atoms with Crippen LogP contribution in [-0.2, 0) is 9.53 Å². The zero-order valence-electron chi connectivity index (χ0n) is 10.5. The number of nitrogens with two attached hydrogens (primary N) is 1. The van der Waals surface area contributed by atoms with Crippen LogP contribution in [-0.4, -0.2) is 34.2 Å². The maximum Gasteiger partial charge on any atom is 0.360 e. The number of amides is 3. The molecule has 2 aromatic rings. The SMILES string of the molecule is CC(OC(=O)c1n[nH]c2ccccc12)C(=O)NC(N)=O. The van der Waals surface area contributed by atoms with Crippen molar-refractivity contribution in [1.29, 1.82) is 0 Å². The van der Waals surface area contributed by atoms with E-state index in [4.69, 9.17) is 10.5 Å². The van der Waals surface area contributed by atoms with Gasteiger partial charge in [0, 0.05) is 5.39 Å². The largest absolute Gasteiger partial charge is 0.448 e. The lowest BCUT2D eigenvalue weighted by Gasteiger charge is -2.10. The Kier molecular flexibility index (Phi) is 3.65. The number of ether oxygens (including phenoxy) is 1. The monoisotopic (exact) mass is 276 g/mol. The van der Waals surface area contributed by atoms with Crippen LogP contribution < -0.4 is 11.1 Å². The fraction of sp³-hybridized carbons (Fsp3) is 0.167. The molecule has 0 aliphatic carbocycles. The molecule has 1 unspecified atom stereocenters. The number of hydrogen-bond acceptors (Lipinski definition) is 5. The Labute approximate surface area is 113 Å². The minimum Gasteiger partial charge on any atom is -0.448 e. The van der Waals surface area contributed by atoms with Crippen LogP contribution >= 0.6 is 0 Å². The van der Waals surface area contributed by atoms with Gasteiger partial charge in [-0.15, -0.1) is 0 Å². The van der Waals surface area contributed by atoms with Gasteiger partial charge in [-0.25, -0.2) is 9.59 Å². The number of imide groups is 1. The molecule has 0 fully saturated rings. The first-order valence-corrected chi connectivity index (χ1v) is 5.73. The van der Waals surface area contributed by atoms with Gasteiger partial charge >= 0.3 is 12.0 Å². The maximum absolute atomic E-state index is 11.9. The van der Waals surface area contributed by atoms with E-state index < -0.39 is 24.0 Å². The molecule has 4 N–H and O–H groups in total. The highest BCUT2D eigenvalue weighted by Gasteiger charge is 2.22. The van der Waals surface area contributed by atoms with Crippen molar-refractivity contribution in [3.8, 4) is 0 Å². The molecule has 1 heterocycles. The van der Waals surface area contributed by atoms with E-state index in [1.165, 1.54) is 6.92 Å². The van der Waals surface area contributed by atoms with E-state index >= 15 is 0 Å². The first-order valence-electron chi connectivity index (χ1n) is 5.73. The summed E-state index contributed by atoms with van der Waals surface area (Å²) in [7, 11) is 0. The highest BCUT2D eigenvalue weighted by molar-refractivity contribution is 6.03. The predicted molar refractivity (Wildman–Crippen MR) is 68.7 cm³/mol. The van der Waals surface area contributed by atoms with Crippen LogP contribution in [0.25, 0.3) is 10.9 Å². The Balaban J connectivity index is 2.12. The molecule has 8 heteroatoms. The van der Waals surface area contributed by atoms with Gasteiger partial charge in [-0.05, 0) is 13.0 Å². The quantitative estimate of drug-likeness (QED) is 0.695. The van der Waals surface area contributed by atoms with Crippen molar-refractivity contribution in [3.63, 3.8) is 0 Å². The molecule has 1 atom stereocenters. The number of rotatable bonds is 3. The summed E-state index contributed by atoms with van der Waals surface area (Å²) in [5.41, 5.74) is 5.55. The summed E-state index contributed by atoms with van der Waals surface area (Å²) in [5.74, 6) is -1.57. The lowest BCUT2D eigenvalue weighted by Crippen LogP contribution is -2.42. The third-order valence-electron chi connectivity index (χ3n) is 2.56. The summed E-state index contributed by atoms with van der Waals surface area (Å²) in [6.07, 6.45) is -1.16. The number of H-pyrrole nitrogens is 1. The van der Waals surface area contributed by atoms with Crippen molar-refractivity contribution < 1.29 is 19.1 Å². The zero-order chi connectivity index (χ0) is 14.7. The van der Waals surface area contributed by atoms with E-state index in [0.717, 1.165) is 0 Å². The highest BCUT2D eigenvalue weighted by atomic mass is 16.5. The van der Waals surface area contributed by atoms with Crippen molar-refractivity contribution in [3.05, 3.63) is 30.0 Å². The van der Waals surface area contributed by atoms with Gasteiger partial charge in [0.2, 0.25) is 0 Å². The van der Waals surface area contributed by atoms with Gasteiger partial charge in [-0.3, -0.25) is 15.2 Å². The first kappa shape index (κ1) is 13.5. The highest BCUT2D eigenvalue weighted by Crippen LogP contribution is 2.16. The van der Waals surface area contributed by atoms with Gasteiger partial charge in [0.1, 0.15) is 0 Å². The Morgan fingerprint density at radius 2 is 2.05 bits per heavy atom. The third-order valence-corrected chi connectivity index (χ3v) is 2.56. The zero-order valence-corrected chi connectivity index (χ0v) is 10.5. The molecule has 0 aliphatic rings. The summed E-state index contributed by atoms with van der Waals surface area (Å²) in [4.78, 5) is 33.9. The number of urea groups is 1. The number of esters is 1. The molecular weight excluding hydrogens is 264 g/mol. The third kappa shape index (κ3) is 2.74. The molecule has 104 valence electrons. The van der Waals surface area contributed by atoms with E-state index in [1.807, 2.05) is 5.32 Å². The number of nitrogens with one attached hydrogen (secondary N) is 2. The average molecular weight is 276 g/mol. The van der Waals surface area contributed by atoms with Crippen LogP contribution in [0.15, 0.2) is 24.3 Å². The van der Waals surface area contributed by atoms with E-state index in [1.54, 1.807) is 24.3 Å². The van der Waals surface area contributed by atoms with Gasteiger partial charge in [0.15, 0.2) is 11.8 Å². The molecule has 0 bridgehead atoms. The Morgan fingerprint density at radius 1 is 1.35 bits per heavy atom. The number of hydrogen-bond donors (Lipinski definition) is 3. The van der Waals surface area contributed by atoms with E-state index in [9.17, 15) is 14.4 Å². The van der Waals surface area contributed by atoms with Crippen LogP contribution in [0.4, 0.5) is 4.79 Å². The van der Waals surface area contributed by atoms with Crippen molar-refractivity contribution in [2.24, 2.45) is 5.73 Å². The smallest absolute Gasteiger partial charge is 0.360 e. The van der Waals surface area contributed by atoms with E-state index in [-0.39, 0.29) is 5.69 Å². The number of fused-ring (bicyclic) bond motifs is 1. The molecule has 0 radical (unpaired) electrons. The number of primary amides is 1. The fourth-order valence-corrected chi connectivity index (χ4v) is 1.61. The number of para-hydroxylation sites is 1. The number of carbonyl (C=O) groups is 3. The Bertz CT molecular complexity index is 679. The molecule has 0 spiro atoms. The first-order chi connectivity index (χ1) is 9.49. The molecule has 20 heavy (non-hydrogen) atoms. The number of nitrogens with zero attached hydrogens (tertiary/aromatic N) is 1. The molecule has 8 nitrogen and oxygen atoms in total. The van der Waals surface area contributed by atoms with Gasteiger partial charge in [0.05, 0.1) is 5.52 Å². The molecule has 0 aliphatic heterocycles. The minimum atomic E-state index is -1.16. The van der Waals surface area contributed by atoms with Crippen LogP contribution in [0.5, 0.6) is 0 Å². The van der Waals surface area contributed by atoms with Crippen LogP contribution in [0.3, 0.4) is 0 Å². The number of benzene rings is 1. The van der Waals surface area contributed by atoms with Crippen molar-refractivity contribution >= 4 is 28.8 Å². The molecule has 3 amide bonds. The molecule has 0 saturated carbocycles. The summed E-state index contributed by atoms with van der Waals surface area (Å²) >= 11 is 0. The molecule has 2 rings (SSSR count). The van der Waals surface area contributed by atoms with Crippen LogP contribution in [0.2, 0.25) is 0 Å². The maximum atomic E-state index is 11.9. The van der Waals surface area contributed by atoms with Gasteiger partial charge < -0.3 is 10.5 Å². The molecule has 1 aromatic heterocycles. The summed E-state index contributed by atoms with van der Waals surface area (Å²) in [6, 6.07) is 5.98. The molecule has 0 saturated heterocycles. The predicted octanol–water partition coefficient (Wildman–Crippen LogP) is 0.303. The average Bonchev–Trinajstić information content (AvgIpc) is 2.81. The van der Waals surface area contributed by atoms with Crippen LogP contribution in [0.1, 0.15) is 17.4 Å². The summed E-state index contributed by atoms with van der Waals surface area (Å²) < 4.78 is 4.92. The summed E-state index contributed by atoms with van der Waals surface area (Å²) in [6.45, 7) is 1.32. The van der Waals surface area contributed by atoms with Gasteiger partial charge in [-0.2, -0.15) is 5.10 Å². The fourth-order valence-electron chi connectivity index (χ4n) is 1.61. The van der Waals surface area contributed by atoms with E-state index in [2.05, 4.69) is 10.2 Å². The Morgan fingerprint density at radius 3 is 2.75 bits per heavy atom. The number of aromatic amines is 1. The molecular formula is C12H12N4O4. The number of aromatic nitrogens is 2. The van der Waals surface area contributed by atoms with E-state index in [0.29, 0.717) is 10.9 Å². The molecule has 1 aromatic carbocycles.